The lowest BCUT2D eigenvalue weighted by Crippen LogP contribution is -2.28. The van der Waals surface area contributed by atoms with Crippen LogP contribution in [-0.2, 0) is 6.42 Å². The zero-order chi connectivity index (χ0) is 22.5. The summed E-state index contributed by atoms with van der Waals surface area (Å²) in [7, 11) is 0. The van der Waals surface area contributed by atoms with Crippen LogP contribution in [-0.4, -0.2) is 37.0 Å². The van der Waals surface area contributed by atoms with Gasteiger partial charge in [0.15, 0.2) is 5.65 Å². The van der Waals surface area contributed by atoms with Crippen molar-refractivity contribution < 1.29 is 8.78 Å². The maximum absolute atomic E-state index is 13.4. The molecule has 0 spiro atoms. The molecule has 2 aliphatic rings. The third-order valence-corrected chi connectivity index (χ3v) is 6.55. The summed E-state index contributed by atoms with van der Waals surface area (Å²) in [5.74, 6) is -0.732. The molecule has 0 aliphatic heterocycles. The van der Waals surface area contributed by atoms with Crippen LogP contribution in [0.15, 0.2) is 24.4 Å². The Morgan fingerprint density at radius 2 is 1.94 bits per heavy atom. The van der Waals surface area contributed by atoms with Gasteiger partial charge in [0, 0.05) is 49.2 Å². The number of hydrogen-bond acceptors (Lipinski definition) is 5. The molecule has 1 saturated carbocycles. The van der Waals surface area contributed by atoms with E-state index in [4.69, 9.17) is 4.98 Å². The van der Waals surface area contributed by atoms with Crippen molar-refractivity contribution in [2.45, 2.75) is 64.8 Å². The zero-order valence-corrected chi connectivity index (χ0v) is 18.7. The van der Waals surface area contributed by atoms with Gasteiger partial charge in [0.1, 0.15) is 11.3 Å². The largest absolute Gasteiger partial charge is 0.354 e. The Morgan fingerprint density at radius 3 is 2.69 bits per heavy atom. The smallest absolute Gasteiger partial charge is 0.248 e. The van der Waals surface area contributed by atoms with Crippen molar-refractivity contribution in [3.05, 3.63) is 47.2 Å². The molecule has 8 heteroatoms. The van der Waals surface area contributed by atoms with E-state index in [0.29, 0.717) is 25.3 Å². The summed E-state index contributed by atoms with van der Waals surface area (Å²) in [6.07, 6.45) is 5.74. The lowest BCUT2D eigenvalue weighted by atomic mass is 9.87. The Balaban J connectivity index is 1.33. The summed E-state index contributed by atoms with van der Waals surface area (Å²) >= 11 is 0. The molecule has 32 heavy (non-hydrogen) atoms. The summed E-state index contributed by atoms with van der Waals surface area (Å²) in [4.78, 5) is 18.7. The molecule has 0 amide bonds. The van der Waals surface area contributed by atoms with E-state index >= 15 is 0 Å². The third kappa shape index (κ3) is 3.87. The Morgan fingerprint density at radius 1 is 1.16 bits per heavy atom. The highest BCUT2D eigenvalue weighted by atomic mass is 19.3. The third-order valence-electron chi connectivity index (χ3n) is 6.55. The van der Waals surface area contributed by atoms with Crippen LogP contribution < -0.4 is 5.32 Å². The average Bonchev–Trinajstić information content (AvgIpc) is 3.32. The molecule has 0 saturated heterocycles. The van der Waals surface area contributed by atoms with Gasteiger partial charge in [-0.25, -0.2) is 28.7 Å². The first-order valence-electron chi connectivity index (χ1n) is 11.3. The van der Waals surface area contributed by atoms with Gasteiger partial charge in [-0.1, -0.05) is 6.08 Å². The molecule has 0 unspecified atom stereocenters. The highest BCUT2D eigenvalue weighted by molar-refractivity contribution is 5.85. The van der Waals surface area contributed by atoms with Crippen molar-refractivity contribution in [1.82, 2.24) is 24.5 Å². The van der Waals surface area contributed by atoms with Crippen molar-refractivity contribution in [1.29, 1.82) is 0 Å². The molecule has 3 aromatic rings. The second-order valence-electron chi connectivity index (χ2n) is 9.22. The van der Waals surface area contributed by atoms with E-state index in [9.17, 15) is 8.78 Å². The van der Waals surface area contributed by atoms with E-state index < -0.39 is 5.92 Å². The van der Waals surface area contributed by atoms with Crippen LogP contribution in [0.3, 0.4) is 0 Å². The average molecular weight is 439 g/mol. The van der Waals surface area contributed by atoms with Crippen LogP contribution in [0.25, 0.3) is 16.7 Å². The summed E-state index contributed by atoms with van der Waals surface area (Å²) in [6.45, 7) is 6.90. The topological polar surface area (TPSA) is 68.5 Å². The van der Waals surface area contributed by atoms with E-state index in [2.05, 4.69) is 44.8 Å². The molecule has 0 aromatic carbocycles. The van der Waals surface area contributed by atoms with Gasteiger partial charge >= 0.3 is 0 Å². The van der Waals surface area contributed by atoms with Crippen LogP contribution in [0.4, 0.5) is 14.7 Å². The predicted molar refractivity (Wildman–Crippen MR) is 121 cm³/mol. The molecule has 0 atom stereocenters. The number of allylic oxidation sites excluding steroid dienone is 1. The lowest BCUT2D eigenvalue weighted by Gasteiger charge is -2.28. The molecule has 3 heterocycles. The van der Waals surface area contributed by atoms with Crippen molar-refractivity contribution in [2.24, 2.45) is 5.92 Å². The van der Waals surface area contributed by atoms with Crippen molar-refractivity contribution in [3.8, 4) is 0 Å². The molecule has 6 nitrogen and oxygen atoms in total. The summed E-state index contributed by atoms with van der Waals surface area (Å²) in [5, 5.41) is 3.26. The fourth-order valence-electron chi connectivity index (χ4n) is 4.83. The molecule has 2 aliphatic carbocycles. The van der Waals surface area contributed by atoms with Crippen LogP contribution in [0.2, 0.25) is 0 Å². The van der Waals surface area contributed by atoms with Crippen LogP contribution >= 0.6 is 0 Å². The first-order chi connectivity index (χ1) is 15.3. The van der Waals surface area contributed by atoms with Crippen LogP contribution in [0, 0.1) is 12.8 Å². The van der Waals surface area contributed by atoms with Gasteiger partial charge in [0.25, 0.3) is 0 Å². The van der Waals surface area contributed by atoms with Crippen LogP contribution in [0.1, 0.15) is 68.3 Å². The molecule has 1 N–H and O–H groups in total. The fraction of sp³-hybridized carbons (Fsp3) is 0.500. The van der Waals surface area contributed by atoms with Gasteiger partial charge in [-0.05, 0) is 51.7 Å². The number of imidazole rings is 1. The second-order valence-corrected chi connectivity index (χ2v) is 9.22. The quantitative estimate of drug-likeness (QED) is 0.583. The maximum atomic E-state index is 13.4. The number of aromatic nitrogens is 5. The van der Waals surface area contributed by atoms with E-state index in [-0.39, 0.29) is 24.8 Å². The molecule has 168 valence electrons. The number of hydrogen-bond donors (Lipinski definition) is 1. The zero-order valence-electron chi connectivity index (χ0n) is 18.7. The van der Waals surface area contributed by atoms with Gasteiger partial charge in [0.2, 0.25) is 11.9 Å². The van der Waals surface area contributed by atoms with Crippen LogP contribution in [0.5, 0.6) is 0 Å². The minimum absolute atomic E-state index is 0.0236. The number of fused-ring (bicyclic) bond motifs is 2. The number of pyridine rings is 1. The number of anilines is 1. The number of alkyl halides is 2. The Kier molecular flexibility index (Phi) is 5.18. The van der Waals surface area contributed by atoms with Crippen molar-refractivity contribution in [2.75, 3.05) is 11.9 Å². The van der Waals surface area contributed by atoms with Gasteiger partial charge in [-0.15, -0.1) is 0 Å². The van der Waals surface area contributed by atoms with Gasteiger partial charge in [0.05, 0.1) is 11.4 Å². The Labute approximate surface area is 186 Å². The van der Waals surface area contributed by atoms with Crippen molar-refractivity contribution in [3.63, 3.8) is 0 Å². The number of aryl methyl sites for hydroxylation is 1. The first kappa shape index (κ1) is 21.0. The summed E-state index contributed by atoms with van der Waals surface area (Å²) in [5.41, 5.74) is 5.68. The molecular weight excluding hydrogens is 410 g/mol. The number of rotatable bonds is 5. The first-order valence-corrected chi connectivity index (χ1v) is 11.3. The molecule has 3 aromatic heterocycles. The van der Waals surface area contributed by atoms with Gasteiger partial charge < -0.3 is 9.88 Å². The maximum Gasteiger partial charge on any atom is 0.248 e. The van der Waals surface area contributed by atoms with E-state index in [1.54, 1.807) is 0 Å². The van der Waals surface area contributed by atoms with E-state index in [1.807, 2.05) is 25.3 Å². The number of nitrogens with one attached hydrogen (secondary N) is 1. The second kappa shape index (κ2) is 7.90. The molecule has 1 fully saturated rings. The monoisotopic (exact) mass is 438 g/mol. The van der Waals surface area contributed by atoms with Crippen molar-refractivity contribution >= 4 is 22.7 Å². The predicted octanol–water partition coefficient (Wildman–Crippen LogP) is 5.34. The van der Waals surface area contributed by atoms with Gasteiger partial charge in [-0.3, -0.25) is 0 Å². The van der Waals surface area contributed by atoms with E-state index in [1.165, 1.54) is 0 Å². The molecule has 0 bridgehead atoms. The highest BCUT2D eigenvalue weighted by Gasteiger charge is 2.34. The number of halogens is 2. The molecule has 0 radical (unpaired) electrons. The lowest BCUT2D eigenvalue weighted by molar-refractivity contribution is -0.0443. The molecular formula is C24H28F2N6. The normalized spacial score (nSPS) is 18.2. The summed E-state index contributed by atoms with van der Waals surface area (Å²) < 4.78 is 28.9. The standard InChI is InChI=1S/C24H28F2N6/c1-14(2)32-15(3)29-21-7-6-19(30-22(21)32)17-4-5-20-18(17)13-28-23(31-20)27-12-16-8-10-24(25,26)11-9-16/h4,6-7,13-14,16H,5,8-12H2,1-3H3,(H,27,28,31). The summed E-state index contributed by atoms with van der Waals surface area (Å²) in [6, 6.07) is 4.30. The molecule has 5 rings (SSSR count). The fourth-order valence-corrected chi connectivity index (χ4v) is 4.83. The minimum atomic E-state index is -2.49. The minimum Gasteiger partial charge on any atom is -0.354 e. The highest BCUT2D eigenvalue weighted by Crippen LogP contribution is 2.36. The number of nitrogens with zero attached hydrogens (tertiary/aromatic N) is 5. The van der Waals surface area contributed by atoms with E-state index in [0.717, 1.165) is 45.9 Å². The Hall–Kier alpha value is -2.90. The SMILES string of the molecule is Cc1nc2ccc(C3=CCc4nc(NCC5CCC(F)(F)CC5)ncc43)nc2n1C(C)C. The van der Waals surface area contributed by atoms with Gasteiger partial charge in [-0.2, -0.15) is 0 Å². The Bertz CT molecular complexity index is 1190.